The summed E-state index contributed by atoms with van der Waals surface area (Å²) in [6.45, 7) is 5.01. The van der Waals surface area contributed by atoms with Crippen LogP contribution in [-0.4, -0.2) is 17.2 Å². The van der Waals surface area contributed by atoms with Gasteiger partial charge in [-0.05, 0) is 18.8 Å². The second-order valence-electron chi connectivity index (χ2n) is 11.8. The van der Waals surface area contributed by atoms with E-state index in [1.807, 2.05) is 0 Å². The molecule has 220 valence electrons. The molecule has 0 atom stereocenters. The van der Waals surface area contributed by atoms with Crippen molar-refractivity contribution >= 4 is 0 Å². The molecular weight excluding hydrogens is 440 g/mol. The van der Waals surface area contributed by atoms with Gasteiger partial charge in [-0.1, -0.05) is 194 Å². The van der Waals surface area contributed by atoms with Crippen LogP contribution in [0.2, 0.25) is 0 Å². The molecule has 0 saturated carbocycles. The van der Waals surface area contributed by atoms with Crippen LogP contribution in [0, 0.1) is 5.92 Å². The lowest BCUT2D eigenvalue weighted by atomic mass is 9.94. The topological polar surface area (TPSA) is 51.7 Å². The molecule has 36 heavy (non-hydrogen) atoms. The number of unbranched alkanes of at least 4 members (excludes halogenated alkanes) is 26. The summed E-state index contributed by atoms with van der Waals surface area (Å²) >= 11 is 0. The molecule has 0 amide bonds. The van der Waals surface area contributed by atoms with Gasteiger partial charge < -0.3 is 10.6 Å². The zero-order valence-electron chi connectivity index (χ0n) is 25.4. The van der Waals surface area contributed by atoms with E-state index in [0.717, 1.165) is 0 Å². The molecule has 3 N–H and O–H groups in total. The molecule has 0 radical (unpaired) electrons. The minimum atomic E-state index is 0. The maximum atomic E-state index is 9.73. The molecule has 0 aromatic carbocycles. The molecule has 0 saturated heterocycles. The summed E-state index contributed by atoms with van der Waals surface area (Å²) in [7, 11) is 0. The molecular formula is C34H72O2. The lowest BCUT2D eigenvalue weighted by Crippen LogP contribution is -2.06. The van der Waals surface area contributed by atoms with E-state index in [-0.39, 0.29) is 5.48 Å². The second kappa shape index (κ2) is 34.9. The fourth-order valence-corrected chi connectivity index (χ4v) is 5.58. The van der Waals surface area contributed by atoms with Crippen LogP contribution in [0.25, 0.3) is 0 Å². The normalized spacial score (nSPS) is 11.3. The predicted molar refractivity (Wildman–Crippen MR) is 164 cm³/mol. The highest BCUT2D eigenvalue weighted by atomic mass is 16.3. The fourth-order valence-electron chi connectivity index (χ4n) is 5.58. The van der Waals surface area contributed by atoms with Crippen LogP contribution < -0.4 is 0 Å². The molecule has 0 aromatic heterocycles. The summed E-state index contributed by atoms with van der Waals surface area (Å²) in [5.41, 5.74) is 0. The molecule has 0 heterocycles. The second-order valence-corrected chi connectivity index (χ2v) is 11.8. The first-order chi connectivity index (χ1) is 17.3. The van der Waals surface area contributed by atoms with Gasteiger partial charge in [0.15, 0.2) is 0 Å². The number of aliphatic hydroxyl groups is 1. The van der Waals surface area contributed by atoms with E-state index in [1.165, 1.54) is 193 Å². The number of hydrogen-bond acceptors (Lipinski definition) is 1. The molecule has 0 fully saturated rings. The third kappa shape index (κ3) is 31.9. The van der Waals surface area contributed by atoms with Gasteiger partial charge in [-0.2, -0.15) is 0 Å². The summed E-state index contributed by atoms with van der Waals surface area (Å²) in [6.07, 6.45) is 42.5. The van der Waals surface area contributed by atoms with Gasteiger partial charge in [-0.15, -0.1) is 0 Å². The van der Waals surface area contributed by atoms with E-state index >= 15 is 0 Å². The summed E-state index contributed by atoms with van der Waals surface area (Å²) in [5, 5.41) is 9.73. The quantitative estimate of drug-likeness (QED) is 0.0922. The molecule has 2 nitrogen and oxygen atoms in total. The summed E-state index contributed by atoms with van der Waals surface area (Å²) in [6, 6.07) is 0. The first-order valence-corrected chi connectivity index (χ1v) is 17.0. The molecule has 0 aromatic rings. The molecule has 0 aliphatic heterocycles. The monoisotopic (exact) mass is 513 g/mol. The Bertz CT molecular complexity index is 325. The Morgan fingerprint density at radius 3 is 0.722 bits per heavy atom. The van der Waals surface area contributed by atoms with Gasteiger partial charge in [-0.3, -0.25) is 0 Å². The first-order valence-electron chi connectivity index (χ1n) is 17.0. The van der Waals surface area contributed by atoms with Crippen LogP contribution in [0.5, 0.6) is 0 Å². The zero-order chi connectivity index (χ0) is 25.5. The molecule has 2 heteroatoms. The van der Waals surface area contributed by atoms with Crippen LogP contribution in [-0.2, 0) is 0 Å². The molecule has 0 spiro atoms. The SMILES string of the molecule is CCCCCCCCCCCCCCCCC(CO)CCCCCCCCCCCCCCCC.O. The highest BCUT2D eigenvalue weighted by molar-refractivity contribution is 4.60. The Kier molecular flexibility index (Phi) is 36.9. The van der Waals surface area contributed by atoms with Gasteiger partial charge in [0.1, 0.15) is 0 Å². The van der Waals surface area contributed by atoms with Crippen molar-refractivity contribution in [2.75, 3.05) is 6.61 Å². The largest absolute Gasteiger partial charge is 0.412 e. The zero-order valence-corrected chi connectivity index (χ0v) is 25.4. The summed E-state index contributed by atoms with van der Waals surface area (Å²) in [5.74, 6) is 0.574. The van der Waals surface area contributed by atoms with Crippen LogP contribution in [0.1, 0.15) is 206 Å². The van der Waals surface area contributed by atoms with Crippen LogP contribution in [0.15, 0.2) is 0 Å². The van der Waals surface area contributed by atoms with Gasteiger partial charge in [0.2, 0.25) is 0 Å². The number of hydrogen-bond donors (Lipinski definition) is 1. The highest BCUT2D eigenvalue weighted by Gasteiger charge is 2.07. The van der Waals surface area contributed by atoms with E-state index in [4.69, 9.17) is 0 Å². The number of rotatable bonds is 31. The standard InChI is InChI=1S/C34H70O.H2O/c1-3-5-7-9-11-13-15-17-19-21-23-25-27-29-31-34(33-35)32-30-28-26-24-22-20-18-16-14-12-10-8-6-4-2;/h34-35H,3-33H2,1-2H3;1H2. The van der Waals surface area contributed by atoms with Gasteiger partial charge in [-0.25, -0.2) is 0 Å². The van der Waals surface area contributed by atoms with E-state index < -0.39 is 0 Å². The van der Waals surface area contributed by atoms with Crippen molar-refractivity contribution in [1.29, 1.82) is 0 Å². The molecule has 0 aliphatic carbocycles. The van der Waals surface area contributed by atoms with Crippen LogP contribution in [0.4, 0.5) is 0 Å². The van der Waals surface area contributed by atoms with E-state index in [0.29, 0.717) is 12.5 Å². The Hall–Kier alpha value is -0.0800. The fraction of sp³-hybridized carbons (Fsp3) is 1.00. The van der Waals surface area contributed by atoms with Crippen molar-refractivity contribution in [3.63, 3.8) is 0 Å². The highest BCUT2D eigenvalue weighted by Crippen LogP contribution is 2.20. The summed E-state index contributed by atoms with van der Waals surface area (Å²) in [4.78, 5) is 0. The van der Waals surface area contributed by atoms with E-state index in [2.05, 4.69) is 13.8 Å². The van der Waals surface area contributed by atoms with Gasteiger partial charge in [0.05, 0.1) is 0 Å². The van der Waals surface area contributed by atoms with Crippen molar-refractivity contribution in [2.24, 2.45) is 5.92 Å². The lowest BCUT2D eigenvalue weighted by molar-refractivity contribution is 0.204. The van der Waals surface area contributed by atoms with Crippen molar-refractivity contribution in [3.05, 3.63) is 0 Å². The molecule has 0 rings (SSSR count). The molecule has 0 unspecified atom stereocenters. The van der Waals surface area contributed by atoms with E-state index in [9.17, 15) is 5.11 Å². The minimum Gasteiger partial charge on any atom is -0.412 e. The maximum absolute atomic E-state index is 9.73. The average molecular weight is 513 g/mol. The Morgan fingerprint density at radius 2 is 0.528 bits per heavy atom. The lowest BCUT2D eigenvalue weighted by Gasteiger charge is -2.13. The van der Waals surface area contributed by atoms with Crippen molar-refractivity contribution in [3.8, 4) is 0 Å². The van der Waals surface area contributed by atoms with Crippen molar-refractivity contribution in [1.82, 2.24) is 0 Å². The third-order valence-electron chi connectivity index (χ3n) is 8.19. The first kappa shape index (κ1) is 38.1. The van der Waals surface area contributed by atoms with Crippen molar-refractivity contribution in [2.45, 2.75) is 206 Å². The maximum Gasteiger partial charge on any atom is 0.0459 e. The Balaban J connectivity index is 0. The van der Waals surface area contributed by atoms with E-state index in [1.54, 1.807) is 0 Å². The smallest absolute Gasteiger partial charge is 0.0459 e. The predicted octanol–water partition coefficient (Wildman–Crippen LogP) is 11.5. The van der Waals surface area contributed by atoms with Crippen LogP contribution >= 0.6 is 0 Å². The Morgan fingerprint density at radius 1 is 0.333 bits per heavy atom. The van der Waals surface area contributed by atoms with Crippen LogP contribution in [0.3, 0.4) is 0 Å². The van der Waals surface area contributed by atoms with Gasteiger partial charge in [0, 0.05) is 6.61 Å². The molecule has 0 bridgehead atoms. The minimum absolute atomic E-state index is 0. The van der Waals surface area contributed by atoms with Gasteiger partial charge >= 0.3 is 0 Å². The number of aliphatic hydroxyl groups excluding tert-OH is 1. The van der Waals surface area contributed by atoms with Gasteiger partial charge in [0.25, 0.3) is 0 Å². The third-order valence-corrected chi connectivity index (χ3v) is 8.19. The molecule has 0 aliphatic rings. The average Bonchev–Trinajstić information content (AvgIpc) is 2.87. The van der Waals surface area contributed by atoms with Crippen molar-refractivity contribution < 1.29 is 10.6 Å². The summed E-state index contributed by atoms with van der Waals surface area (Å²) < 4.78 is 0. The Labute approximate surface area is 229 Å².